The molecule has 4 heteroatoms. The van der Waals surface area contributed by atoms with Gasteiger partial charge in [-0.1, -0.05) is 17.7 Å². The summed E-state index contributed by atoms with van der Waals surface area (Å²) in [6.07, 6.45) is 3.77. The Balaban J connectivity index is 2.01. The molecule has 2 aromatic heterocycles. The van der Waals surface area contributed by atoms with Gasteiger partial charge >= 0.3 is 0 Å². The van der Waals surface area contributed by atoms with Crippen LogP contribution in [0.15, 0.2) is 42.7 Å². The summed E-state index contributed by atoms with van der Waals surface area (Å²) in [6.45, 7) is 1.96. The van der Waals surface area contributed by atoms with Gasteiger partial charge in [0.1, 0.15) is 13.1 Å². The molecule has 0 radical (unpaired) electrons. The maximum Gasteiger partial charge on any atom is 0.283 e. The highest BCUT2D eigenvalue weighted by atomic mass is 35.5. The zero-order valence-corrected chi connectivity index (χ0v) is 9.43. The normalized spacial score (nSPS) is 13.9. The lowest BCUT2D eigenvalue weighted by molar-refractivity contribution is -0.670. The van der Waals surface area contributed by atoms with Crippen LogP contribution in [0.4, 0.5) is 11.6 Å². The summed E-state index contributed by atoms with van der Waals surface area (Å²) >= 11 is 5.83. The van der Waals surface area contributed by atoms with Crippen LogP contribution in [0.2, 0.25) is 5.02 Å². The van der Waals surface area contributed by atoms with Crippen LogP contribution in [-0.2, 0) is 6.54 Å². The average molecular weight is 233 g/mol. The molecule has 3 rings (SSSR count). The minimum Gasteiger partial charge on any atom is -0.230 e. The Hall–Kier alpha value is -1.61. The predicted molar refractivity (Wildman–Crippen MR) is 62.9 cm³/mol. The molecule has 0 unspecified atom stereocenters. The van der Waals surface area contributed by atoms with Crippen molar-refractivity contribution in [3.63, 3.8) is 0 Å². The topological polar surface area (TPSA) is 20.0 Å². The number of aromatic nitrogens is 2. The highest BCUT2D eigenvalue weighted by Gasteiger charge is 2.28. The van der Waals surface area contributed by atoms with E-state index in [-0.39, 0.29) is 0 Å². The zero-order valence-electron chi connectivity index (χ0n) is 8.68. The second kappa shape index (κ2) is 3.76. The summed E-state index contributed by atoms with van der Waals surface area (Å²) in [5.41, 5.74) is 0. The van der Waals surface area contributed by atoms with E-state index >= 15 is 0 Å². The fourth-order valence-corrected chi connectivity index (χ4v) is 2.10. The summed E-state index contributed by atoms with van der Waals surface area (Å²) in [6, 6.07) is 10.0. The quantitative estimate of drug-likeness (QED) is 0.703. The fraction of sp³-hybridized carbons (Fsp3) is 0.167. The molecule has 2 aromatic rings. The molecule has 0 saturated heterocycles. The molecule has 16 heavy (non-hydrogen) atoms. The summed E-state index contributed by atoms with van der Waals surface area (Å²) in [5.74, 6) is 2.12. The molecule has 3 nitrogen and oxygen atoms in total. The van der Waals surface area contributed by atoms with Gasteiger partial charge in [-0.05, 0) is 12.1 Å². The molecule has 0 N–H and O–H groups in total. The molecular formula is C12H11ClN3+. The molecule has 3 heterocycles. The third-order valence-corrected chi connectivity index (χ3v) is 2.97. The summed E-state index contributed by atoms with van der Waals surface area (Å²) in [4.78, 5) is 6.53. The number of hydrogen-bond acceptors (Lipinski definition) is 2. The van der Waals surface area contributed by atoms with E-state index in [4.69, 9.17) is 11.6 Å². The number of rotatable bonds is 1. The van der Waals surface area contributed by atoms with E-state index < -0.39 is 0 Å². The van der Waals surface area contributed by atoms with E-state index in [1.165, 1.54) is 5.82 Å². The van der Waals surface area contributed by atoms with Gasteiger partial charge < -0.3 is 0 Å². The van der Waals surface area contributed by atoms with Crippen LogP contribution < -0.4 is 9.47 Å². The van der Waals surface area contributed by atoms with Crippen LogP contribution in [0.25, 0.3) is 0 Å². The van der Waals surface area contributed by atoms with Gasteiger partial charge in [0.2, 0.25) is 5.82 Å². The van der Waals surface area contributed by atoms with Crippen molar-refractivity contribution in [2.75, 3.05) is 11.4 Å². The largest absolute Gasteiger partial charge is 0.283 e. The first-order valence-corrected chi connectivity index (χ1v) is 5.60. The van der Waals surface area contributed by atoms with Crippen LogP contribution in [0.5, 0.6) is 0 Å². The third kappa shape index (κ3) is 1.53. The molecule has 0 atom stereocenters. The SMILES string of the molecule is Clc1ccc(N2CC[n+]3ccccc32)nc1. The second-order valence-corrected chi connectivity index (χ2v) is 4.17. The van der Waals surface area contributed by atoms with E-state index in [0.29, 0.717) is 5.02 Å². The molecule has 0 aliphatic carbocycles. The van der Waals surface area contributed by atoms with E-state index in [1.54, 1.807) is 6.20 Å². The lowest BCUT2D eigenvalue weighted by Gasteiger charge is -2.07. The van der Waals surface area contributed by atoms with Crippen molar-refractivity contribution in [3.05, 3.63) is 47.7 Å². The number of anilines is 2. The Labute approximate surface area is 98.9 Å². The van der Waals surface area contributed by atoms with Crippen LogP contribution in [-0.4, -0.2) is 11.5 Å². The number of fused-ring (bicyclic) bond motifs is 1. The molecule has 0 amide bonds. The van der Waals surface area contributed by atoms with Crippen molar-refractivity contribution in [1.82, 2.24) is 4.98 Å². The highest BCUT2D eigenvalue weighted by molar-refractivity contribution is 6.30. The van der Waals surface area contributed by atoms with Crippen molar-refractivity contribution < 1.29 is 4.57 Å². The molecular weight excluding hydrogens is 222 g/mol. The zero-order chi connectivity index (χ0) is 11.0. The molecule has 1 aliphatic heterocycles. The van der Waals surface area contributed by atoms with Gasteiger partial charge in [0.25, 0.3) is 5.82 Å². The van der Waals surface area contributed by atoms with Crippen molar-refractivity contribution in [2.45, 2.75) is 6.54 Å². The first-order chi connectivity index (χ1) is 7.84. The molecule has 1 aliphatic rings. The molecule has 80 valence electrons. The Morgan fingerprint density at radius 2 is 2.19 bits per heavy atom. The fourth-order valence-electron chi connectivity index (χ4n) is 1.98. The molecule has 0 aromatic carbocycles. The Morgan fingerprint density at radius 3 is 3.00 bits per heavy atom. The standard InChI is InChI=1S/C12H11ClN3/c13-10-4-5-11(14-9-10)16-8-7-15-6-2-1-3-12(15)16/h1-6,9H,7-8H2/q+1. The first-order valence-electron chi connectivity index (χ1n) is 5.22. The Bertz CT molecular complexity index is 510. The number of pyridine rings is 2. The van der Waals surface area contributed by atoms with E-state index in [1.807, 2.05) is 24.3 Å². The van der Waals surface area contributed by atoms with Gasteiger partial charge in [-0.3, -0.25) is 0 Å². The smallest absolute Gasteiger partial charge is 0.230 e. The van der Waals surface area contributed by atoms with Crippen LogP contribution >= 0.6 is 11.6 Å². The van der Waals surface area contributed by atoms with Crippen LogP contribution in [0, 0.1) is 0 Å². The van der Waals surface area contributed by atoms with Gasteiger partial charge in [0.15, 0.2) is 0 Å². The number of halogens is 1. The first kappa shape index (κ1) is 9.60. The molecule has 0 saturated carbocycles. The third-order valence-electron chi connectivity index (χ3n) is 2.75. The maximum atomic E-state index is 5.83. The highest BCUT2D eigenvalue weighted by Crippen LogP contribution is 2.23. The summed E-state index contributed by atoms with van der Waals surface area (Å²) in [7, 11) is 0. The van der Waals surface area contributed by atoms with Crippen molar-refractivity contribution >= 4 is 23.2 Å². The van der Waals surface area contributed by atoms with Gasteiger partial charge in [-0.15, -0.1) is 0 Å². The molecule has 0 bridgehead atoms. The number of nitrogens with zero attached hydrogens (tertiary/aromatic N) is 3. The minimum absolute atomic E-state index is 0.670. The van der Waals surface area contributed by atoms with Gasteiger partial charge in [-0.25, -0.2) is 14.5 Å². The van der Waals surface area contributed by atoms with Crippen molar-refractivity contribution in [1.29, 1.82) is 0 Å². The second-order valence-electron chi connectivity index (χ2n) is 3.74. The van der Waals surface area contributed by atoms with Gasteiger partial charge in [0, 0.05) is 12.1 Å². The Kier molecular flexibility index (Phi) is 2.26. The van der Waals surface area contributed by atoms with Crippen LogP contribution in [0.1, 0.15) is 0 Å². The van der Waals surface area contributed by atoms with E-state index in [9.17, 15) is 0 Å². The number of hydrogen-bond donors (Lipinski definition) is 0. The predicted octanol–water partition coefficient (Wildman–Crippen LogP) is 2.17. The van der Waals surface area contributed by atoms with Crippen molar-refractivity contribution in [3.8, 4) is 0 Å². The van der Waals surface area contributed by atoms with E-state index in [2.05, 4.69) is 26.7 Å². The monoisotopic (exact) mass is 232 g/mol. The molecule has 0 fully saturated rings. The van der Waals surface area contributed by atoms with Gasteiger partial charge in [-0.2, -0.15) is 0 Å². The average Bonchev–Trinajstić information content (AvgIpc) is 2.74. The van der Waals surface area contributed by atoms with Crippen molar-refractivity contribution in [2.24, 2.45) is 0 Å². The minimum atomic E-state index is 0.670. The van der Waals surface area contributed by atoms with Gasteiger partial charge in [0.05, 0.1) is 17.4 Å². The summed E-state index contributed by atoms with van der Waals surface area (Å²) in [5, 5.41) is 0.670. The summed E-state index contributed by atoms with van der Waals surface area (Å²) < 4.78 is 2.22. The maximum absolute atomic E-state index is 5.83. The van der Waals surface area contributed by atoms with Crippen LogP contribution in [0.3, 0.4) is 0 Å². The lowest BCUT2D eigenvalue weighted by Crippen LogP contribution is -2.29. The lowest BCUT2D eigenvalue weighted by atomic mass is 10.4. The Morgan fingerprint density at radius 1 is 1.25 bits per heavy atom. The van der Waals surface area contributed by atoms with E-state index in [0.717, 1.165) is 18.9 Å². The molecule has 0 spiro atoms.